The first-order valence-corrected chi connectivity index (χ1v) is 6.95. The minimum absolute atomic E-state index is 0.0243. The van der Waals surface area contributed by atoms with Crippen LogP contribution in [0.2, 0.25) is 0 Å². The van der Waals surface area contributed by atoms with Crippen LogP contribution in [0, 0.1) is 0 Å². The second-order valence-corrected chi connectivity index (χ2v) is 5.43. The van der Waals surface area contributed by atoms with E-state index in [0.29, 0.717) is 30.7 Å². The van der Waals surface area contributed by atoms with Gasteiger partial charge in [-0.15, -0.1) is 0 Å². The number of carbonyl (C=O) groups excluding carboxylic acids is 1. The molecule has 2 aliphatic heterocycles. The first-order valence-electron chi connectivity index (χ1n) is 6.95. The van der Waals surface area contributed by atoms with E-state index >= 15 is 0 Å². The first kappa shape index (κ1) is 12.6. The molecule has 1 aromatic heterocycles. The third kappa shape index (κ3) is 2.05. The summed E-state index contributed by atoms with van der Waals surface area (Å²) in [5, 5.41) is 16.7. The Bertz CT molecular complexity index is 715. The van der Waals surface area contributed by atoms with E-state index in [1.54, 1.807) is 18.3 Å². The van der Waals surface area contributed by atoms with Crippen molar-refractivity contribution in [3.05, 3.63) is 46.8 Å². The second kappa shape index (κ2) is 4.72. The number of carbonyl (C=O) groups is 1. The lowest BCUT2D eigenvalue weighted by atomic mass is 9.78. The third-order valence-electron chi connectivity index (χ3n) is 4.14. The van der Waals surface area contributed by atoms with E-state index in [0.717, 1.165) is 23.2 Å². The Morgan fingerprint density at radius 1 is 1.43 bits per heavy atom. The summed E-state index contributed by atoms with van der Waals surface area (Å²) in [5.74, 6) is -0.0243. The zero-order chi connectivity index (χ0) is 14.4. The maximum Gasteiger partial charge on any atom is 0.491 e. The Kier molecular flexibility index (Phi) is 2.83. The summed E-state index contributed by atoms with van der Waals surface area (Å²) in [6.07, 6.45) is 2.56. The van der Waals surface area contributed by atoms with Crippen molar-refractivity contribution in [3.63, 3.8) is 0 Å². The second-order valence-electron chi connectivity index (χ2n) is 5.43. The fourth-order valence-corrected chi connectivity index (χ4v) is 2.93. The number of hydrogen-bond donors (Lipinski definition) is 2. The molecule has 7 heteroatoms. The molecule has 1 amide bonds. The molecule has 2 N–H and O–H groups in total. The Morgan fingerprint density at radius 2 is 2.33 bits per heavy atom. The number of nitrogens with one attached hydrogen (secondary N) is 1. The number of H-pyrrole nitrogens is 1. The number of aromatic nitrogens is 2. The minimum Gasteiger partial charge on any atom is -0.423 e. The summed E-state index contributed by atoms with van der Waals surface area (Å²) < 4.78 is 5.16. The van der Waals surface area contributed by atoms with Gasteiger partial charge in [-0.2, -0.15) is 5.10 Å². The molecule has 3 heterocycles. The molecule has 0 atom stereocenters. The average Bonchev–Trinajstić information content (AvgIpc) is 3.12. The lowest BCUT2D eigenvalue weighted by Crippen LogP contribution is -2.37. The fraction of sp³-hybridized carbons (Fsp3) is 0.286. The van der Waals surface area contributed by atoms with Crippen LogP contribution >= 0.6 is 0 Å². The van der Waals surface area contributed by atoms with Gasteiger partial charge in [-0.05, 0) is 23.2 Å². The SMILES string of the molecule is O=C(c1ccc2c(c1)B(O)OC2)N1CCc2[nH]ncc2C1. The third-order valence-corrected chi connectivity index (χ3v) is 4.14. The predicted octanol–water partition coefficient (Wildman–Crippen LogP) is -0.174. The van der Waals surface area contributed by atoms with Crippen molar-refractivity contribution in [2.24, 2.45) is 0 Å². The molecule has 0 aliphatic carbocycles. The highest BCUT2D eigenvalue weighted by atomic mass is 16.5. The van der Waals surface area contributed by atoms with Gasteiger partial charge in [0.25, 0.3) is 5.91 Å². The van der Waals surface area contributed by atoms with E-state index in [9.17, 15) is 9.82 Å². The van der Waals surface area contributed by atoms with Crippen molar-refractivity contribution in [2.75, 3.05) is 6.54 Å². The maximum atomic E-state index is 12.6. The topological polar surface area (TPSA) is 78.5 Å². The monoisotopic (exact) mass is 283 g/mol. The average molecular weight is 283 g/mol. The van der Waals surface area contributed by atoms with Gasteiger partial charge < -0.3 is 14.6 Å². The van der Waals surface area contributed by atoms with E-state index in [1.807, 2.05) is 11.0 Å². The van der Waals surface area contributed by atoms with Crippen LogP contribution in [0.3, 0.4) is 0 Å². The molecule has 6 nitrogen and oxygen atoms in total. The van der Waals surface area contributed by atoms with Crippen LogP contribution in [0.4, 0.5) is 0 Å². The fourth-order valence-electron chi connectivity index (χ4n) is 2.93. The summed E-state index contributed by atoms with van der Waals surface area (Å²) in [5.41, 5.74) is 4.40. The normalized spacial score (nSPS) is 16.8. The zero-order valence-electron chi connectivity index (χ0n) is 11.4. The van der Waals surface area contributed by atoms with Crippen molar-refractivity contribution in [2.45, 2.75) is 19.6 Å². The van der Waals surface area contributed by atoms with E-state index in [2.05, 4.69) is 10.2 Å². The van der Waals surface area contributed by atoms with Gasteiger partial charge in [-0.3, -0.25) is 9.89 Å². The highest BCUT2D eigenvalue weighted by Crippen LogP contribution is 2.19. The molecule has 0 spiro atoms. The van der Waals surface area contributed by atoms with Crippen LogP contribution < -0.4 is 5.46 Å². The zero-order valence-corrected chi connectivity index (χ0v) is 11.4. The lowest BCUT2D eigenvalue weighted by molar-refractivity contribution is 0.0734. The molecule has 0 radical (unpaired) electrons. The van der Waals surface area contributed by atoms with Crippen molar-refractivity contribution in [1.29, 1.82) is 0 Å². The number of aromatic amines is 1. The van der Waals surface area contributed by atoms with E-state index in [4.69, 9.17) is 4.65 Å². The van der Waals surface area contributed by atoms with Gasteiger partial charge in [0.15, 0.2) is 0 Å². The van der Waals surface area contributed by atoms with E-state index in [1.165, 1.54) is 0 Å². The van der Waals surface area contributed by atoms with Gasteiger partial charge in [0.1, 0.15) is 0 Å². The number of benzene rings is 1. The Hall–Kier alpha value is -2.12. The van der Waals surface area contributed by atoms with Crippen molar-refractivity contribution in [3.8, 4) is 0 Å². The molecule has 2 aromatic rings. The quantitative estimate of drug-likeness (QED) is 0.712. The van der Waals surface area contributed by atoms with Crippen molar-refractivity contribution >= 4 is 18.5 Å². The Morgan fingerprint density at radius 3 is 3.24 bits per heavy atom. The first-order chi connectivity index (χ1) is 10.2. The summed E-state index contributed by atoms with van der Waals surface area (Å²) in [6.45, 7) is 1.64. The summed E-state index contributed by atoms with van der Waals surface area (Å²) in [6, 6.07) is 5.39. The molecule has 21 heavy (non-hydrogen) atoms. The van der Waals surface area contributed by atoms with Crippen LogP contribution in [0.15, 0.2) is 24.4 Å². The van der Waals surface area contributed by atoms with Gasteiger partial charge >= 0.3 is 7.12 Å². The molecule has 0 saturated heterocycles. The molecule has 1 aromatic carbocycles. The number of rotatable bonds is 1. The molecule has 0 fully saturated rings. The number of hydrogen-bond acceptors (Lipinski definition) is 4. The molecule has 0 unspecified atom stereocenters. The highest BCUT2D eigenvalue weighted by molar-refractivity contribution is 6.61. The number of fused-ring (bicyclic) bond motifs is 2. The summed E-state index contributed by atoms with van der Waals surface area (Å²) in [4.78, 5) is 14.4. The van der Waals surface area contributed by atoms with Crippen LogP contribution in [0.5, 0.6) is 0 Å². The minimum atomic E-state index is -0.922. The molecule has 0 saturated carbocycles. The largest absolute Gasteiger partial charge is 0.491 e. The van der Waals surface area contributed by atoms with Crippen LogP contribution in [-0.4, -0.2) is 39.7 Å². The summed E-state index contributed by atoms with van der Waals surface area (Å²) in [7, 11) is -0.922. The van der Waals surface area contributed by atoms with Crippen LogP contribution in [0.1, 0.15) is 27.2 Å². The predicted molar refractivity (Wildman–Crippen MR) is 75.9 cm³/mol. The number of nitrogens with zero attached hydrogens (tertiary/aromatic N) is 2. The van der Waals surface area contributed by atoms with Gasteiger partial charge in [-0.25, -0.2) is 0 Å². The Labute approximate surface area is 121 Å². The van der Waals surface area contributed by atoms with Crippen molar-refractivity contribution < 1.29 is 14.5 Å². The smallest absolute Gasteiger partial charge is 0.423 e. The van der Waals surface area contributed by atoms with Crippen LogP contribution in [0.25, 0.3) is 0 Å². The number of amides is 1. The standard InChI is InChI=1S/C14H14BN3O3/c19-14(18-4-3-13-11(7-18)6-16-17-13)9-1-2-10-8-21-15(20)12(10)5-9/h1-2,5-6,20H,3-4,7-8H2,(H,16,17). The molecule has 4 rings (SSSR count). The molecular formula is C14H14BN3O3. The van der Waals surface area contributed by atoms with Crippen molar-refractivity contribution in [1.82, 2.24) is 15.1 Å². The van der Waals surface area contributed by atoms with Crippen LogP contribution in [-0.2, 0) is 24.2 Å². The van der Waals surface area contributed by atoms with Gasteiger partial charge in [-0.1, -0.05) is 6.07 Å². The molecule has 0 bridgehead atoms. The maximum absolute atomic E-state index is 12.6. The van der Waals surface area contributed by atoms with Gasteiger partial charge in [0.2, 0.25) is 0 Å². The van der Waals surface area contributed by atoms with Gasteiger partial charge in [0.05, 0.1) is 12.8 Å². The molecule has 106 valence electrons. The highest BCUT2D eigenvalue weighted by Gasteiger charge is 2.29. The Balaban J connectivity index is 1.60. The molecule has 2 aliphatic rings. The summed E-state index contributed by atoms with van der Waals surface area (Å²) >= 11 is 0. The van der Waals surface area contributed by atoms with Gasteiger partial charge in [0, 0.05) is 36.3 Å². The van der Waals surface area contributed by atoms with E-state index in [-0.39, 0.29) is 5.91 Å². The molecular weight excluding hydrogens is 269 g/mol. The van der Waals surface area contributed by atoms with E-state index < -0.39 is 7.12 Å². The lowest BCUT2D eigenvalue weighted by Gasteiger charge is -2.26.